The van der Waals surface area contributed by atoms with E-state index in [4.69, 9.17) is 16.6 Å². The topological polar surface area (TPSA) is 79.8 Å². The molecule has 1 saturated heterocycles. The number of carbonyl (C=O) groups excluding carboxylic acids is 1. The predicted octanol–water partition coefficient (Wildman–Crippen LogP) is 5.07. The molecule has 0 spiro atoms. The van der Waals surface area contributed by atoms with Gasteiger partial charge in [0.2, 0.25) is 0 Å². The van der Waals surface area contributed by atoms with E-state index in [9.17, 15) is 9.59 Å². The second-order valence-corrected chi connectivity index (χ2v) is 9.46. The van der Waals surface area contributed by atoms with Crippen LogP contribution >= 0.6 is 24.0 Å². The Balaban J connectivity index is 1.61. The van der Waals surface area contributed by atoms with Gasteiger partial charge in [0.1, 0.15) is 21.5 Å². The summed E-state index contributed by atoms with van der Waals surface area (Å²) in [5, 5.41) is 3.18. The van der Waals surface area contributed by atoms with E-state index in [1.165, 1.54) is 29.0 Å². The van der Waals surface area contributed by atoms with Gasteiger partial charge in [-0.25, -0.2) is 4.98 Å². The fraction of sp³-hybridized carbons (Fsp3) is 0.333. The summed E-state index contributed by atoms with van der Waals surface area (Å²) in [6.45, 7) is 3.14. The Labute approximate surface area is 201 Å². The van der Waals surface area contributed by atoms with Gasteiger partial charge in [0.25, 0.3) is 11.5 Å². The average molecular weight is 483 g/mol. The molecule has 4 rings (SSSR count). The molecule has 0 radical (unpaired) electrons. The molecular weight excluding hydrogens is 456 g/mol. The minimum Gasteiger partial charge on any atom is -0.467 e. The number of fused-ring (bicyclic) bond motifs is 1. The second kappa shape index (κ2) is 10.8. The van der Waals surface area contributed by atoms with Gasteiger partial charge in [0.05, 0.1) is 23.3 Å². The van der Waals surface area contributed by atoms with Gasteiger partial charge in [-0.15, -0.1) is 0 Å². The summed E-state index contributed by atoms with van der Waals surface area (Å²) in [4.78, 5) is 33.0. The molecule has 0 saturated carbocycles. The van der Waals surface area contributed by atoms with Crippen LogP contribution in [0.4, 0.5) is 5.82 Å². The van der Waals surface area contributed by atoms with Crippen molar-refractivity contribution in [3.8, 4) is 0 Å². The summed E-state index contributed by atoms with van der Waals surface area (Å²) in [5.41, 5.74) is 0.572. The molecule has 172 valence electrons. The highest BCUT2D eigenvalue weighted by atomic mass is 32.2. The summed E-state index contributed by atoms with van der Waals surface area (Å²) in [6, 6.07) is 9.00. The third-order valence-electron chi connectivity index (χ3n) is 5.41. The zero-order chi connectivity index (χ0) is 23.2. The van der Waals surface area contributed by atoms with Gasteiger partial charge in [-0.1, -0.05) is 62.7 Å². The average Bonchev–Trinajstić information content (AvgIpc) is 3.43. The van der Waals surface area contributed by atoms with E-state index in [2.05, 4.69) is 17.2 Å². The number of aromatic nitrogens is 2. The molecule has 0 bridgehead atoms. The Hall–Kier alpha value is -2.91. The van der Waals surface area contributed by atoms with Crippen molar-refractivity contribution in [2.24, 2.45) is 0 Å². The molecule has 0 atom stereocenters. The summed E-state index contributed by atoms with van der Waals surface area (Å²) < 4.78 is 7.38. The van der Waals surface area contributed by atoms with Gasteiger partial charge < -0.3 is 9.73 Å². The first-order valence-electron chi connectivity index (χ1n) is 11.1. The fourth-order valence-corrected chi connectivity index (χ4v) is 4.94. The second-order valence-electron chi connectivity index (χ2n) is 7.79. The number of furan rings is 1. The van der Waals surface area contributed by atoms with E-state index in [0.29, 0.717) is 45.1 Å². The Morgan fingerprint density at radius 1 is 1.15 bits per heavy atom. The maximum atomic E-state index is 13.3. The maximum absolute atomic E-state index is 13.3. The maximum Gasteiger partial charge on any atom is 0.267 e. The van der Waals surface area contributed by atoms with Gasteiger partial charge in [-0.2, -0.15) is 0 Å². The van der Waals surface area contributed by atoms with Gasteiger partial charge in [0, 0.05) is 12.7 Å². The van der Waals surface area contributed by atoms with E-state index in [1.54, 1.807) is 41.6 Å². The van der Waals surface area contributed by atoms with Crippen LogP contribution in [0, 0.1) is 0 Å². The van der Waals surface area contributed by atoms with Crippen LogP contribution in [0.1, 0.15) is 50.4 Å². The fourth-order valence-electron chi connectivity index (χ4n) is 3.65. The molecule has 0 unspecified atom stereocenters. The van der Waals surface area contributed by atoms with Crippen molar-refractivity contribution in [1.29, 1.82) is 0 Å². The number of hydrogen-bond donors (Lipinski definition) is 1. The third-order valence-corrected chi connectivity index (χ3v) is 6.79. The predicted molar refractivity (Wildman–Crippen MR) is 136 cm³/mol. The standard InChI is InChI=1S/C24H26N4O3S2/c1-2-3-4-5-7-13-28-23(30)19(33-24(28)32)15-18-21(25-16-17-10-9-14-31-17)26-20-11-6-8-12-27(20)22(18)29/h6,8-12,14-15,25H,2-5,7,13,16H2,1H3. The van der Waals surface area contributed by atoms with Gasteiger partial charge in [-0.05, 0) is 36.8 Å². The lowest BCUT2D eigenvalue weighted by Crippen LogP contribution is -2.29. The van der Waals surface area contributed by atoms with Crippen molar-refractivity contribution in [3.63, 3.8) is 0 Å². The number of thioether (sulfide) groups is 1. The van der Waals surface area contributed by atoms with Crippen molar-refractivity contribution >= 4 is 51.7 Å². The highest BCUT2D eigenvalue weighted by molar-refractivity contribution is 8.26. The number of thiocarbonyl (C=S) groups is 1. The molecule has 9 heteroatoms. The number of carbonyl (C=O) groups is 1. The number of pyridine rings is 1. The third kappa shape index (κ3) is 5.36. The number of amides is 1. The first-order valence-corrected chi connectivity index (χ1v) is 12.3. The van der Waals surface area contributed by atoms with E-state index < -0.39 is 0 Å². The van der Waals surface area contributed by atoms with Crippen LogP contribution < -0.4 is 10.9 Å². The molecular formula is C24H26N4O3S2. The van der Waals surface area contributed by atoms with Gasteiger partial charge in [0.15, 0.2) is 0 Å². The van der Waals surface area contributed by atoms with Crippen LogP contribution in [0.2, 0.25) is 0 Å². The minimum atomic E-state index is -0.257. The number of unbranched alkanes of at least 4 members (excludes halogenated alkanes) is 4. The highest BCUT2D eigenvalue weighted by Gasteiger charge is 2.32. The van der Waals surface area contributed by atoms with Gasteiger partial charge in [-0.3, -0.25) is 18.9 Å². The SMILES string of the molecule is CCCCCCCN1C(=O)C(=Cc2c(NCc3ccco3)nc3ccccn3c2=O)SC1=S. The number of hydrogen-bond acceptors (Lipinski definition) is 7. The lowest BCUT2D eigenvalue weighted by molar-refractivity contribution is -0.122. The summed E-state index contributed by atoms with van der Waals surface area (Å²) in [7, 11) is 0. The summed E-state index contributed by atoms with van der Waals surface area (Å²) >= 11 is 6.69. The molecule has 33 heavy (non-hydrogen) atoms. The van der Waals surface area contributed by atoms with Crippen LogP contribution in [0.5, 0.6) is 0 Å². The van der Waals surface area contributed by atoms with E-state index in [-0.39, 0.29) is 11.5 Å². The van der Waals surface area contributed by atoms with Crippen molar-refractivity contribution < 1.29 is 9.21 Å². The zero-order valence-corrected chi connectivity index (χ0v) is 20.1. The summed E-state index contributed by atoms with van der Waals surface area (Å²) in [5.74, 6) is 0.952. The Bertz CT molecular complexity index is 1230. The lowest BCUT2D eigenvalue weighted by atomic mass is 10.1. The first-order chi connectivity index (χ1) is 16.1. The van der Waals surface area contributed by atoms with E-state index in [0.717, 1.165) is 19.3 Å². The molecule has 0 aliphatic carbocycles. The van der Waals surface area contributed by atoms with Crippen molar-refractivity contribution in [2.75, 3.05) is 11.9 Å². The molecule has 0 aromatic carbocycles. The number of nitrogens with one attached hydrogen (secondary N) is 1. The molecule has 4 heterocycles. The lowest BCUT2D eigenvalue weighted by Gasteiger charge is -2.14. The largest absolute Gasteiger partial charge is 0.467 e. The van der Waals surface area contributed by atoms with Crippen molar-refractivity contribution in [1.82, 2.24) is 14.3 Å². The van der Waals surface area contributed by atoms with E-state index in [1.807, 2.05) is 12.1 Å². The summed E-state index contributed by atoms with van der Waals surface area (Å²) in [6.07, 6.45) is 10.4. The molecule has 1 aliphatic rings. The van der Waals surface area contributed by atoms with Crippen LogP contribution in [0.25, 0.3) is 11.7 Å². The minimum absolute atomic E-state index is 0.157. The quantitative estimate of drug-likeness (QED) is 0.245. The Morgan fingerprint density at radius 3 is 2.79 bits per heavy atom. The Kier molecular flexibility index (Phi) is 7.61. The normalized spacial score (nSPS) is 15.2. The van der Waals surface area contributed by atoms with Crippen molar-refractivity contribution in [3.05, 3.63) is 69.4 Å². The number of rotatable bonds is 10. The van der Waals surface area contributed by atoms with Gasteiger partial charge >= 0.3 is 0 Å². The molecule has 1 N–H and O–H groups in total. The molecule has 1 fully saturated rings. The van der Waals surface area contributed by atoms with Crippen LogP contribution in [-0.4, -0.2) is 31.1 Å². The zero-order valence-electron chi connectivity index (χ0n) is 18.5. The van der Waals surface area contributed by atoms with E-state index >= 15 is 0 Å². The van der Waals surface area contributed by atoms with Crippen LogP contribution in [0.15, 0.2) is 56.9 Å². The molecule has 1 aliphatic heterocycles. The molecule has 1 amide bonds. The number of nitrogens with zero attached hydrogens (tertiary/aromatic N) is 3. The smallest absolute Gasteiger partial charge is 0.267 e. The molecule has 7 nitrogen and oxygen atoms in total. The highest BCUT2D eigenvalue weighted by Crippen LogP contribution is 2.33. The Morgan fingerprint density at radius 2 is 2.00 bits per heavy atom. The first kappa shape index (κ1) is 23.3. The number of anilines is 1. The molecule has 3 aromatic rings. The van der Waals surface area contributed by atoms with Crippen LogP contribution in [0.3, 0.4) is 0 Å². The van der Waals surface area contributed by atoms with Crippen molar-refractivity contribution in [2.45, 2.75) is 45.6 Å². The van der Waals surface area contributed by atoms with Crippen LogP contribution in [-0.2, 0) is 11.3 Å². The molecule has 3 aromatic heterocycles. The monoisotopic (exact) mass is 482 g/mol.